The van der Waals surface area contributed by atoms with Crippen LogP contribution in [0.3, 0.4) is 0 Å². The molecule has 0 spiro atoms. The number of rotatable bonds is 15. The molecule has 0 radical (unpaired) electrons. The molecule has 1 saturated carbocycles. The summed E-state index contributed by atoms with van der Waals surface area (Å²) in [5.74, 6) is 2.88. The van der Waals surface area contributed by atoms with E-state index in [1.165, 1.54) is 56.2 Å². The van der Waals surface area contributed by atoms with Gasteiger partial charge in [0.05, 0.1) is 17.2 Å². The Hall–Kier alpha value is -4.86. The first-order chi connectivity index (χ1) is 28.4. The average Bonchev–Trinajstić information content (AvgIpc) is 3.60. The molecule has 58 heavy (non-hydrogen) atoms. The molecule has 1 aliphatic heterocycles. The first-order valence-corrected chi connectivity index (χ1v) is 21.9. The summed E-state index contributed by atoms with van der Waals surface area (Å²) >= 11 is 3.64. The van der Waals surface area contributed by atoms with Gasteiger partial charge in [-0.3, -0.25) is 9.58 Å². The van der Waals surface area contributed by atoms with Crippen molar-refractivity contribution in [3.05, 3.63) is 130 Å². The monoisotopic (exact) mass is 841 g/mol. The van der Waals surface area contributed by atoms with Gasteiger partial charge in [0, 0.05) is 66.4 Å². The first kappa shape index (κ1) is 39.9. The predicted molar refractivity (Wildman–Crippen MR) is 238 cm³/mol. The average molecular weight is 843 g/mol. The third-order valence-corrected chi connectivity index (χ3v) is 13.1. The van der Waals surface area contributed by atoms with Crippen LogP contribution in [0.4, 0.5) is 5.69 Å². The second-order valence-corrected chi connectivity index (χ2v) is 17.0. The SMILES string of the molecule is Cc1c(Br)cccc1O[C@H]1CC[C@H](CCC[C@H](C)N2CCN(c3ccc4c(-c5ccc(OCc6ccccc6)nc5OCc5ccccc5)nn(C)c4c3)CC2)CC1. The zero-order valence-electron chi connectivity index (χ0n) is 34.2. The molecule has 8 nitrogen and oxygen atoms in total. The first-order valence-electron chi connectivity index (χ1n) is 21.1. The Balaban J connectivity index is 0.857. The van der Waals surface area contributed by atoms with Gasteiger partial charge in [-0.15, -0.1) is 0 Å². The summed E-state index contributed by atoms with van der Waals surface area (Å²) in [6.07, 6.45) is 9.15. The van der Waals surface area contributed by atoms with Gasteiger partial charge in [0.25, 0.3) is 0 Å². The van der Waals surface area contributed by atoms with Crippen LogP contribution < -0.4 is 19.1 Å². The largest absolute Gasteiger partial charge is 0.490 e. The van der Waals surface area contributed by atoms with Crippen LogP contribution in [0.5, 0.6) is 17.5 Å². The maximum Gasteiger partial charge on any atom is 0.226 e. The van der Waals surface area contributed by atoms with E-state index in [4.69, 9.17) is 24.3 Å². The van der Waals surface area contributed by atoms with E-state index in [9.17, 15) is 0 Å². The lowest BCUT2D eigenvalue weighted by Gasteiger charge is -2.39. The molecule has 0 unspecified atom stereocenters. The normalized spacial score (nSPS) is 18.0. The number of piperazine rings is 1. The van der Waals surface area contributed by atoms with Gasteiger partial charge in [0.15, 0.2) is 0 Å². The molecule has 1 aliphatic carbocycles. The van der Waals surface area contributed by atoms with Crippen molar-refractivity contribution >= 4 is 32.5 Å². The molecule has 0 N–H and O–H groups in total. The minimum atomic E-state index is 0.346. The van der Waals surface area contributed by atoms with Gasteiger partial charge in [-0.1, -0.05) is 95.5 Å². The molecule has 302 valence electrons. The molecule has 0 amide bonds. The van der Waals surface area contributed by atoms with Crippen molar-refractivity contribution in [2.24, 2.45) is 13.0 Å². The molecule has 6 aromatic rings. The van der Waals surface area contributed by atoms with Crippen molar-refractivity contribution < 1.29 is 14.2 Å². The summed E-state index contributed by atoms with van der Waals surface area (Å²) in [6.45, 7) is 9.60. The number of benzene rings is 4. The Morgan fingerprint density at radius 1 is 0.776 bits per heavy atom. The third-order valence-electron chi connectivity index (χ3n) is 12.2. The minimum Gasteiger partial charge on any atom is -0.490 e. The molecular formula is C49H56BrN5O3. The number of ether oxygens (including phenoxy) is 3. The fraction of sp³-hybridized carbons (Fsp3) is 0.388. The van der Waals surface area contributed by atoms with Gasteiger partial charge >= 0.3 is 0 Å². The molecule has 0 bridgehead atoms. The minimum absolute atomic E-state index is 0.346. The summed E-state index contributed by atoms with van der Waals surface area (Å²) in [4.78, 5) is 10.1. The Labute approximate surface area is 352 Å². The van der Waals surface area contributed by atoms with Crippen molar-refractivity contribution in [3.8, 4) is 28.8 Å². The van der Waals surface area contributed by atoms with Gasteiger partial charge in [-0.2, -0.15) is 10.1 Å². The second kappa shape index (κ2) is 18.8. The quantitative estimate of drug-likeness (QED) is 0.102. The van der Waals surface area contributed by atoms with Crippen LogP contribution in [-0.2, 0) is 20.3 Å². The summed E-state index contributed by atoms with van der Waals surface area (Å²) in [5, 5.41) is 6.10. The number of hydrogen-bond donors (Lipinski definition) is 0. The Morgan fingerprint density at radius 3 is 2.21 bits per heavy atom. The zero-order valence-corrected chi connectivity index (χ0v) is 35.7. The van der Waals surface area contributed by atoms with Crippen LogP contribution in [0.15, 0.2) is 114 Å². The number of nitrogens with zero attached hydrogens (tertiary/aromatic N) is 5. The summed E-state index contributed by atoms with van der Waals surface area (Å²) < 4.78 is 22.0. The Bertz CT molecular complexity index is 2250. The maximum absolute atomic E-state index is 6.42. The van der Waals surface area contributed by atoms with E-state index < -0.39 is 0 Å². The smallest absolute Gasteiger partial charge is 0.226 e. The number of pyridine rings is 1. The molecule has 2 aromatic heterocycles. The second-order valence-electron chi connectivity index (χ2n) is 16.2. The van der Waals surface area contributed by atoms with Crippen molar-refractivity contribution in [1.29, 1.82) is 0 Å². The van der Waals surface area contributed by atoms with Crippen LogP contribution in [0.25, 0.3) is 22.2 Å². The molecule has 8 rings (SSSR count). The molecule has 2 fully saturated rings. The lowest BCUT2D eigenvalue weighted by atomic mass is 9.84. The van der Waals surface area contributed by atoms with E-state index in [0.717, 1.165) is 75.6 Å². The Morgan fingerprint density at radius 2 is 1.48 bits per heavy atom. The number of fused-ring (bicyclic) bond motifs is 1. The lowest BCUT2D eigenvalue weighted by Crippen LogP contribution is -2.49. The van der Waals surface area contributed by atoms with Crippen LogP contribution in [0.2, 0.25) is 0 Å². The van der Waals surface area contributed by atoms with E-state index in [-0.39, 0.29) is 0 Å². The lowest BCUT2D eigenvalue weighted by molar-refractivity contribution is 0.124. The molecule has 4 aromatic carbocycles. The van der Waals surface area contributed by atoms with E-state index in [2.05, 4.69) is 88.1 Å². The molecule has 1 saturated heterocycles. The van der Waals surface area contributed by atoms with Gasteiger partial charge in [-0.25, -0.2) is 0 Å². The summed E-state index contributed by atoms with van der Waals surface area (Å²) in [7, 11) is 2.02. The Kier molecular flexibility index (Phi) is 13.0. The van der Waals surface area contributed by atoms with E-state index >= 15 is 0 Å². The van der Waals surface area contributed by atoms with Gasteiger partial charge in [0.2, 0.25) is 11.8 Å². The number of aromatic nitrogens is 3. The number of aryl methyl sites for hydroxylation is 1. The predicted octanol–water partition coefficient (Wildman–Crippen LogP) is 11.2. The van der Waals surface area contributed by atoms with Crippen molar-refractivity contribution in [2.75, 3.05) is 31.1 Å². The van der Waals surface area contributed by atoms with Crippen molar-refractivity contribution in [1.82, 2.24) is 19.7 Å². The highest BCUT2D eigenvalue weighted by Crippen LogP contribution is 2.37. The third kappa shape index (κ3) is 9.70. The van der Waals surface area contributed by atoms with Crippen LogP contribution in [0.1, 0.15) is 68.6 Å². The molecular weight excluding hydrogens is 786 g/mol. The molecule has 3 heterocycles. The topological polar surface area (TPSA) is 64.9 Å². The standard InChI is InChI=1S/C49H56BrN5O3/c1-35(12-10-17-37-20-23-41(24-21-37)58-46-19-11-18-44(50)36(46)2)54-28-30-55(31-29-54)40-22-25-42-45(32-40)53(3)52-48(42)43-26-27-47(56-33-38-13-6-4-7-14-38)51-49(43)57-34-39-15-8-5-9-16-39/h4-9,11,13-16,18-19,22,25-27,32,35,37,41H,10,12,17,20-21,23-24,28-31,33-34H2,1-3H3/t35-,37-,41-/m0/s1. The maximum atomic E-state index is 6.42. The highest BCUT2D eigenvalue weighted by Gasteiger charge is 2.26. The van der Waals surface area contributed by atoms with Crippen molar-refractivity contribution in [2.45, 2.75) is 84.2 Å². The van der Waals surface area contributed by atoms with Crippen LogP contribution in [-0.4, -0.2) is 58.0 Å². The van der Waals surface area contributed by atoms with E-state index in [0.29, 0.717) is 37.1 Å². The molecule has 2 aliphatic rings. The van der Waals surface area contributed by atoms with Crippen LogP contribution in [0, 0.1) is 12.8 Å². The number of hydrogen-bond acceptors (Lipinski definition) is 7. The molecule has 9 heteroatoms. The fourth-order valence-corrected chi connectivity index (χ4v) is 8.98. The van der Waals surface area contributed by atoms with E-state index in [1.54, 1.807) is 0 Å². The van der Waals surface area contributed by atoms with Crippen LogP contribution >= 0.6 is 15.9 Å². The highest BCUT2D eigenvalue weighted by atomic mass is 79.9. The fourth-order valence-electron chi connectivity index (χ4n) is 8.63. The highest BCUT2D eigenvalue weighted by molar-refractivity contribution is 9.10. The van der Waals surface area contributed by atoms with Crippen molar-refractivity contribution in [3.63, 3.8) is 0 Å². The zero-order chi connectivity index (χ0) is 39.8. The van der Waals surface area contributed by atoms with Gasteiger partial charge in [0.1, 0.15) is 24.7 Å². The van der Waals surface area contributed by atoms with Gasteiger partial charge < -0.3 is 19.1 Å². The van der Waals surface area contributed by atoms with E-state index in [1.807, 2.05) is 72.4 Å². The van der Waals surface area contributed by atoms with Gasteiger partial charge in [-0.05, 0) is 99.4 Å². The number of halogens is 1. The summed E-state index contributed by atoms with van der Waals surface area (Å²) in [6, 6.07) is 37.9. The summed E-state index contributed by atoms with van der Waals surface area (Å²) in [5.41, 5.74) is 7.38. The number of anilines is 1. The molecule has 1 atom stereocenters.